The van der Waals surface area contributed by atoms with E-state index in [-0.39, 0.29) is 12.4 Å². The van der Waals surface area contributed by atoms with E-state index in [9.17, 15) is 0 Å². The normalized spacial score (nSPS) is 33.8. The van der Waals surface area contributed by atoms with Gasteiger partial charge in [-0.3, -0.25) is 0 Å². The molecule has 0 bridgehead atoms. The van der Waals surface area contributed by atoms with Gasteiger partial charge in [0.1, 0.15) is 0 Å². The van der Waals surface area contributed by atoms with Gasteiger partial charge in [0.15, 0.2) is 6.29 Å². The van der Waals surface area contributed by atoms with Crippen LogP contribution >= 0.6 is 0 Å². The van der Waals surface area contributed by atoms with E-state index in [4.69, 9.17) is 9.47 Å². The van der Waals surface area contributed by atoms with Crippen LogP contribution in [0.3, 0.4) is 0 Å². The second-order valence-electron chi connectivity index (χ2n) is 4.81. The van der Waals surface area contributed by atoms with Crippen molar-refractivity contribution < 1.29 is 9.47 Å². The summed E-state index contributed by atoms with van der Waals surface area (Å²) in [6, 6.07) is 10.6. The number of nitrogens with one attached hydrogen (secondary N) is 1. The van der Waals surface area contributed by atoms with Crippen molar-refractivity contribution in [2.45, 2.75) is 37.7 Å². The summed E-state index contributed by atoms with van der Waals surface area (Å²) in [7, 11) is 0. The molecular weight excluding hydrogens is 214 g/mol. The Kier molecular flexibility index (Phi) is 3.41. The Morgan fingerprint density at radius 2 is 2.00 bits per heavy atom. The van der Waals surface area contributed by atoms with Crippen molar-refractivity contribution >= 4 is 0 Å². The summed E-state index contributed by atoms with van der Waals surface area (Å²) >= 11 is 0. The fourth-order valence-electron chi connectivity index (χ4n) is 2.61. The Morgan fingerprint density at radius 3 is 2.76 bits per heavy atom. The van der Waals surface area contributed by atoms with E-state index in [1.54, 1.807) is 0 Å². The highest BCUT2D eigenvalue weighted by atomic mass is 16.7. The minimum Gasteiger partial charge on any atom is -0.346 e. The highest BCUT2D eigenvalue weighted by molar-refractivity contribution is 5.16. The van der Waals surface area contributed by atoms with Crippen molar-refractivity contribution in [3.05, 3.63) is 35.9 Å². The van der Waals surface area contributed by atoms with Crippen LogP contribution in [-0.2, 0) is 9.47 Å². The topological polar surface area (TPSA) is 30.5 Å². The van der Waals surface area contributed by atoms with Gasteiger partial charge in [-0.15, -0.1) is 0 Å². The zero-order valence-electron chi connectivity index (χ0n) is 9.97. The van der Waals surface area contributed by atoms with Crippen molar-refractivity contribution in [1.29, 1.82) is 0 Å². The molecule has 2 heterocycles. The fraction of sp³-hybridized carbons (Fsp3) is 0.571. The van der Waals surface area contributed by atoms with Gasteiger partial charge < -0.3 is 14.8 Å². The van der Waals surface area contributed by atoms with Crippen molar-refractivity contribution in [2.75, 3.05) is 13.2 Å². The number of ether oxygens (including phenoxy) is 2. The monoisotopic (exact) mass is 233 g/mol. The van der Waals surface area contributed by atoms with Crippen molar-refractivity contribution in [3.63, 3.8) is 0 Å². The Hall–Kier alpha value is -0.900. The highest BCUT2D eigenvalue weighted by Crippen LogP contribution is 2.29. The summed E-state index contributed by atoms with van der Waals surface area (Å²) in [4.78, 5) is 0. The van der Waals surface area contributed by atoms with Gasteiger partial charge in [-0.05, 0) is 19.4 Å². The van der Waals surface area contributed by atoms with Crippen LogP contribution in [0.1, 0.15) is 31.1 Å². The molecular formula is C14H19NO2. The minimum atomic E-state index is -0.176. The molecule has 2 fully saturated rings. The minimum absolute atomic E-state index is 0.176. The van der Waals surface area contributed by atoms with E-state index in [1.807, 2.05) is 18.2 Å². The van der Waals surface area contributed by atoms with Crippen LogP contribution in [0.4, 0.5) is 0 Å². The molecule has 3 nitrogen and oxygen atoms in total. The molecule has 0 amide bonds. The lowest BCUT2D eigenvalue weighted by Gasteiger charge is -2.27. The molecule has 3 rings (SSSR count). The average Bonchev–Trinajstić information content (AvgIpc) is 2.90. The van der Waals surface area contributed by atoms with Gasteiger partial charge in [0.05, 0.1) is 12.7 Å². The third kappa shape index (κ3) is 2.51. The molecule has 1 aromatic rings. The molecule has 0 aliphatic carbocycles. The molecule has 92 valence electrons. The van der Waals surface area contributed by atoms with E-state index < -0.39 is 0 Å². The molecule has 0 radical (unpaired) electrons. The number of benzene rings is 1. The first-order valence-electron chi connectivity index (χ1n) is 6.49. The van der Waals surface area contributed by atoms with E-state index in [0.29, 0.717) is 12.6 Å². The lowest BCUT2D eigenvalue weighted by Crippen LogP contribution is -2.44. The maximum atomic E-state index is 6.00. The van der Waals surface area contributed by atoms with Crippen LogP contribution in [0.25, 0.3) is 0 Å². The molecule has 2 saturated heterocycles. The smallest absolute Gasteiger partial charge is 0.184 e. The van der Waals surface area contributed by atoms with E-state index >= 15 is 0 Å². The maximum absolute atomic E-state index is 6.00. The molecule has 0 spiro atoms. The molecule has 2 aliphatic heterocycles. The van der Waals surface area contributed by atoms with E-state index in [0.717, 1.165) is 12.1 Å². The first-order chi connectivity index (χ1) is 8.43. The molecule has 2 aliphatic rings. The van der Waals surface area contributed by atoms with Crippen LogP contribution in [0.5, 0.6) is 0 Å². The molecule has 0 unspecified atom stereocenters. The Labute approximate surface area is 102 Å². The molecule has 0 aromatic heterocycles. The number of hydrogen-bond acceptors (Lipinski definition) is 3. The largest absolute Gasteiger partial charge is 0.346 e. The molecule has 1 aromatic carbocycles. The first kappa shape index (κ1) is 11.2. The molecule has 0 saturated carbocycles. The average molecular weight is 233 g/mol. The van der Waals surface area contributed by atoms with Crippen LogP contribution in [-0.4, -0.2) is 25.3 Å². The molecule has 17 heavy (non-hydrogen) atoms. The van der Waals surface area contributed by atoms with Gasteiger partial charge in [-0.2, -0.15) is 0 Å². The van der Waals surface area contributed by atoms with Gasteiger partial charge in [0, 0.05) is 11.6 Å². The summed E-state index contributed by atoms with van der Waals surface area (Å²) in [6.07, 6.45) is 3.82. The standard InChI is InChI=1S/C14H19NO2/c1-2-6-11(7-3-1)14-16-10-13(17-14)12-8-4-5-9-15-12/h1-3,6-7,12-15H,4-5,8-10H2/t12-,13-,14-/m0/s1. The van der Waals surface area contributed by atoms with Gasteiger partial charge in [0.2, 0.25) is 0 Å². The molecule has 3 heteroatoms. The van der Waals surface area contributed by atoms with Crippen LogP contribution in [0.15, 0.2) is 30.3 Å². The van der Waals surface area contributed by atoms with E-state index in [1.165, 1.54) is 19.3 Å². The first-order valence-corrected chi connectivity index (χ1v) is 6.49. The zero-order valence-corrected chi connectivity index (χ0v) is 9.97. The number of hydrogen-bond donors (Lipinski definition) is 1. The predicted octanol–water partition coefficient (Wildman–Crippen LogP) is 2.24. The molecule has 3 atom stereocenters. The third-order valence-electron chi connectivity index (χ3n) is 3.58. The predicted molar refractivity (Wildman–Crippen MR) is 65.6 cm³/mol. The Bertz CT molecular complexity index is 348. The van der Waals surface area contributed by atoms with Crippen LogP contribution < -0.4 is 5.32 Å². The zero-order chi connectivity index (χ0) is 11.5. The second kappa shape index (κ2) is 5.17. The van der Waals surface area contributed by atoms with Crippen molar-refractivity contribution in [3.8, 4) is 0 Å². The summed E-state index contributed by atoms with van der Waals surface area (Å²) in [5, 5.41) is 3.53. The van der Waals surface area contributed by atoms with Gasteiger partial charge in [0.25, 0.3) is 0 Å². The van der Waals surface area contributed by atoms with Crippen molar-refractivity contribution in [2.24, 2.45) is 0 Å². The summed E-state index contributed by atoms with van der Waals surface area (Å²) < 4.78 is 11.7. The second-order valence-corrected chi connectivity index (χ2v) is 4.81. The SMILES string of the molecule is c1ccc([C@H]2OC[C@@H]([C@@H]3CCCCN3)O2)cc1. The Balaban J connectivity index is 1.61. The van der Waals surface area contributed by atoms with E-state index in [2.05, 4.69) is 17.4 Å². The Morgan fingerprint density at radius 1 is 1.12 bits per heavy atom. The van der Waals surface area contributed by atoms with Gasteiger partial charge in [-0.1, -0.05) is 36.8 Å². The third-order valence-corrected chi connectivity index (χ3v) is 3.58. The van der Waals surface area contributed by atoms with Crippen LogP contribution in [0.2, 0.25) is 0 Å². The summed E-state index contributed by atoms with van der Waals surface area (Å²) in [5.41, 5.74) is 1.12. The van der Waals surface area contributed by atoms with Crippen molar-refractivity contribution in [1.82, 2.24) is 5.32 Å². The summed E-state index contributed by atoms with van der Waals surface area (Å²) in [6.45, 7) is 1.82. The number of rotatable bonds is 2. The van der Waals surface area contributed by atoms with Gasteiger partial charge in [-0.25, -0.2) is 0 Å². The maximum Gasteiger partial charge on any atom is 0.184 e. The lowest BCUT2D eigenvalue weighted by atomic mass is 10.0. The van der Waals surface area contributed by atoms with Crippen LogP contribution in [0, 0.1) is 0 Å². The quantitative estimate of drug-likeness (QED) is 0.849. The molecule has 1 N–H and O–H groups in total. The lowest BCUT2D eigenvalue weighted by molar-refractivity contribution is -0.0668. The highest BCUT2D eigenvalue weighted by Gasteiger charge is 2.33. The summed E-state index contributed by atoms with van der Waals surface area (Å²) in [5.74, 6) is 0. The fourth-order valence-corrected chi connectivity index (χ4v) is 2.61. The van der Waals surface area contributed by atoms with Gasteiger partial charge >= 0.3 is 0 Å². The number of piperidine rings is 1.